The Hall–Kier alpha value is -1.60. The van der Waals surface area contributed by atoms with E-state index in [1.807, 2.05) is 0 Å². The molecule has 1 aromatic carbocycles. The van der Waals surface area contributed by atoms with Crippen molar-refractivity contribution < 1.29 is 23.0 Å². The van der Waals surface area contributed by atoms with Crippen LogP contribution in [0, 0.1) is 5.92 Å². The van der Waals surface area contributed by atoms with Gasteiger partial charge in [-0.15, -0.1) is 12.4 Å². The number of halogens is 3. The van der Waals surface area contributed by atoms with E-state index in [-0.39, 0.29) is 35.7 Å². The number of alkyl halides is 2. The van der Waals surface area contributed by atoms with Gasteiger partial charge in [-0.05, 0) is 37.1 Å². The molecule has 136 valence electrons. The molecular formula is C16H23ClF2N2O3. The monoisotopic (exact) mass is 364 g/mol. The molecule has 0 saturated carbocycles. The van der Waals surface area contributed by atoms with Crippen LogP contribution in [0.25, 0.3) is 0 Å². The first-order valence-electron chi connectivity index (χ1n) is 7.58. The van der Waals surface area contributed by atoms with Gasteiger partial charge < -0.3 is 19.7 Å². The standard InChI is InChI=1S/C16H22F2N2O3.ClH/c1-20(15(21)12-4-3-7-19-9-12)10-11-5-6-13(22-2)14(8-11)23-16(17)18;/h5-6,8,12,16,19H,3-4,7,9-10H2,1-2H3;1H. The Morgan fingerprint density at radius 2 is 2.17 bits per heavy atom. The van der Waals surface area contributed by atoms with Crippen molar-refractivity contribution in [2.24, 2.45) is 5.92 Å². The molecule has 1 saturated heterocycles. The summed E-state index contributed by atoms with van der Waals surface area (Å²) < 4.78 is 34.4. The Morgan fingerprint density at radius 1 is 1.42 bits per heavy atom. The highest BCUT2D eigenvalue weighted by atomic mass is 35.5. The lowest BCUT2D eigenvalue weighted by atomic mass is 9.98. The third-order valence-corrected chi connectivity index (χ3v) is 3.89. The smallest absolute Gasteiger partial charge is 0.387 e. The van der Waals surface area contributed by atoms with E-state index in [1.54, 1.807) is 24.1 Å². The van der Waals surface area contributed by atoms with Gasteiger partial charge in [0, 0.05) is 20.1 Å². The third-order valence-electron chi connectivity index (χ3n) is 3.89. The average molecular weight is 365 g/mol. The zero-order valence-corrected chi connectivity index (χ0v) is 14.6. The highest BCUT2D eigenvalue weighted by molar-refractivity contribution is 5.85. The molecule has 5 nitrogen and oxygen atoms in total. The van der Waals surface area contributed by atoms with Crippen molar-refractivity contribution in [2.75, 3.05) is 27.2 Å². The van der Waals surface area contributed by atoms with Crippen LogP contribution in [-0.2, 0) is 11.3 Å². The lowest BCUT2D eigenvalue weighted by Gasteiger charge is -2.27. The number of amides is 1. The molecule has 1 heterocycles. The van der Waals surface area contributed by atoms with E-state index in [0.717, 1.165) is 19.4 Å². The number of benzene rings is 1. The molecule has 1 N–H and O–H groups in total. The molecule has 0 bridgehead atoms. The van der Waals surface area contributed by atoms with E-state index in [1.165, 1.54) is 13.2 Å². The molecule has 8 heteroatoms. The summed E-state index contributed by atoms with van der Waals surface area (Å²) in [6.07, 6.45) is 1.86. The van der Waals surface area contributed by atoms with Gasteiger partial charge in [-0.1, -0.05) is 6.07 Å². The molecule has 1 aromatic rings. The van der Waals surface area contributed by atoms with Gasteiger partial charge in [-0.2, -0.15) is 8.78 Å². The maximum Gasteiger partial charge on any atom is 0.387 e. The van der Waals surface area contributed by atoms with Gasteiger partial charge in [0.05, 0.1) is 13.0 Å². The van der Waals surface area contributed by atoms with Crippen LogP contribution < -0.4 is 14.8 Å². The van der Waals surface area contributed by atoms with Gasteiger partial charge in [0.1, 0.15) is 0 Å². The fourth-order valence-corrected chi connectivity index (χ4v) is 2.73. The summed E-state index contributed by atoms with van der Waals surface area (Å²) in [5.41, 5.74) is 0.709. The summed E-state index contributed by atoms with van der Waals surface area (Å²) in [6.45, 7) is -0.961. The quantitative estimate of drug-likeness (QED) is 0.843. The second-order valence-electron chi connectivity index (χ2n) is 5.60. The minimum absolute atomic E-state index is 0. The van der Waals surface area contributed by atoms with E-state index in [2.05, 4.69) is 10.1 Å². The molecule has 0 aliphatic carbocycles. The lowest BCUT2D eigenvalue weighted by molar-refractivity contribution is -0.135. The predicted molar refractivity (Wildman–Crippen MR) is 88.9 cm³/mol. The van der Waals surface area contributed by atoms with Crippen LogP contribution in [-0.4, -0.2) is 44.7 Å². The Morgan fingerprint density at radius 3 is 2.75 bits per heavy atom. The number of rotatable bonds is 6. The largest absolute Gasteiger partial charge is 0.493 e. The van der Waals surface area contributed by atoms with E-state index >= 15 is 0 Å². The Balaban J connectivity index is 0.00000288. The number of carbonyl (C=O) groups excluding carboxylic acids is 1. The van der Waals surface area contributed by atoms with Crippen molar-refractivity contribution in [3.8, 4) is 11.5 Å². The molecule has 1 aliphatic heterocycles. The summed E-state index contributed by atoms with van der Waals surface area (Å²) in [5, 5.41) is 3.21. The molecule has 1 fully saturated rings. The van der Waals surface area contributed by atoms with E-state index < -0.39 is 6.61 Å². The van der Waals surface area contributed by atoms with Crippen LogP contribution in [0.15, 0.2) is 18.2 Å². The zero-order valence-electron chi connectivity index (χ0n) is 13.8. The Labute approximate surface area is 146 Å². The van der Waals surface area contributed by atoms with Crippen molar-refractivity contribution >= 4 is 18.3 Å². The second-order valence-corrected chi connectivity index (χ2v) is 5.60. The zero-order chi connectivity index (χ0) is 16.8. The minimum atomic E-state index is -2.92. The van der Waals surface area contributed by atoms with Gasteiger partial charge in [0.15, 0.2) is 11.5 Å². The Bertz CT molecular complexity index is 540. The normalized spacial score (nSPS) is 17.1. The van der Waals surface area contributed by atoms with Crippen LogP contribution in [0.1, 0.15) is 18.4 Å². The number of nitrogens with one attached hydrogen (secondary N) is 1. The summed E-state index contributed by atoms with van der Waals surface area (Å²) in [5.74, 6) is 0.243. The molecule has 2 rings (SSSR count). The van der Waals surface area contributed by atoms with Gasteiger partial charge in [0.25, 0.3) is 0 Å². The highest BCUT2D eigenvalue weighted by Gasteiger charge is 2.24. The fraction of sp³-hybridized carbons (Fsp3) is 0.562. The first kappa shape index (κ1) is 20.4. The van der Waals surface area contributed by atoms with Gasteiger partial charge in [-0.25, -0.2) is 0 Å². The first-order chi connectivity index (χ1) is 11.0. The minimum Gasteiger partial charge on any atom is -0.493 e. The molecule has 1 atom stereocenters. The average Bonchev–Trinajstić information content (AvgIpc) is 2.54. The second kappa shape index (κ2) is 9.64. The van der Waals surface area contributed by atoms with Gasteiger partial charge in [0.2, 0.25) is 5.91 Å². The number of ether oxygens (including phenoxy) is 2. The summed E-state index contributed by atoms with van der Waals surface area (Å²) in [7, 11) is 3.11. The molecular weight excluding hydrogens is 342 g/mol. The SMILES string of the molecule is COc1ccc(CN(C)C(=O)C2CCCNC2)cc1OC(F)F.Cl. The fourth-order valence-electron chi connectivity index (χ4n) is 2.73. The number of nitrogens with zero attached hydrogens (tertiary/aromatic N) is 1. The predicted octanol–water partition coefficient (Wildman–Crippen LogP) is 2.68. The summed E-state index contributed by atoms with van der Waals surface area (Å²) >= 11 is 0. The topological polar surface area (TPSA) is 50.8 Å². The van der Waals surface area contributed by atoms with Crippen molar-refractivity contribution in [1.29, 1.82) is 0 Å². The van der Waals surface area contributed by atoms with Crippen LogP contribution in [0.2, 0.25) is 0 Å². The number of hydrogen-bond acceptors (Lipinski definition) is 4. The number of hydrogen-bond donors (Lipinski definition) is 1. The molecule has 1 aliphatic rings. The van der Waals surface area contributed by atoms with Crippen molar-refractivity contribution in [2.45, 2.75) is 26.0 Å². The number of piperidine rings is 1. The third kappa shape index (κ3) is 5.49. The maximum atomic E-state index is 12.5. The van der Waals surface area contributed by atoms with Crippen LogP contribution in [0.3, 0.4) is 0 Å². The van der Waals surface area contributed by atoms with Crippen LogP contribution in [0.5, 0.6) is 11.5 Å². The molecule has 0 aromatic heterocycles. The van der Waals surface area contributed by atoms with Gasteiger partial charge in [-0.3, -0.25) is 4.79 Å². The molecule has 1 unspecified atom stereocenters. The molecule has 1 amide bonds. The van der Waals surface area contributed by atoms with Crippen molar-refractivity contribution in [1.82, 2.24) is 10.2 Å². The van der Waals surface area contributed by atoms with Gasteiger partial charge >= 0.3 is 6.61 Å². The van der Waals surface area contributed by atoms with E-state index in [9.17, 15) is 13.6 Å². The molecule has 24 heavy (non-hydrogen) atoms. The molecule has 0 radical (unpaired) electrons. The highest BCUT2D eigenvalue weighted by Crippen LogP contribution is 2.30. The van der Waals surface area contributed by atoms with Crippen molar-refractivity contribution in [3.05, 3.63) is 23.8 Å². The Kier molecular flexibility index (Phi) is 8.21. The first-order valence-corrected chi connectivity index (χ1v) is 7.58. The van der Waals surface area contributed by atoms with Crippen LogP contribution >= 0.6 is 12.4 Å². The maximum absolute atomic E-state index is 12.5. The van der Waals surface area contributed by atoms with E-state index in [0.29, 0.717) is 18.7 Å². The van der Waals surface area contributed by atoms with Crippen molar-refractivity contribution in [3.63, 3.8) is 0 Å². The number of methoxy groups -OCH3 is 1. The van der Waals surface area contributed by atoms with E-state index in [4.69, 9.17) is 4.74 Å². The molecule has 0 spiro atoms. The summed E-state index contributed by atoms with van der Waals surface area (Å²) in [4.78, 5) is 14.0. The number of carbonyl (C=O) groups is 1. The summed E-state index contributed by atoms with van der Waals surface area (Å²) in [6, 6.07) is 4.78. The lowest BCUT2D eigenvalue weighted by Crippen LogP contribution is -2.41. The van der Waals surface area contributed by atoms with Crippen LogP contribution in [0.4, 0.5) is 8.78 Å².